The molecule has 0 bridgehead atoms. The number of nitrogens with one attached hydrogen (secondary N) is 1. The second-order valence-corrected chi connectivity index (χ2v) is 4.83. The van der Waals surface area contributed by atoms with Crippen LogP contribution in [0.25, 0.3) is 0 Å². The van der Waals surface area contributed by atoms with Gasteiger partial charge in [0, 0.05) is 11.7 Å². The molecule has 0 aromatic heterocycles. The second kappa shape index (κ2) is 2.97. The first kappa shape index (κ1) is 9.19. The minimum atomic E-state index is -0.585. The van der Waals surface area contributed by atoms with E-state index < -0.39 is 5.60 Å². The predicted octanol–water partition coefficient (Wildman–Crippen LogP) is 0.875. The van der Waals surface area contributed by atoms with E-state index in [1.54, 1.807) is 0 Å². The van der Waals surface area contributed by atoms with Crippen LogP contribution in [0.3, 0.4) is 0 Å². The number of anilines is 1. The zero-order chi connectivity index (χ0) is 10.5. The fourth-order valence-corrected chi connectivity index (χ4v) is 2.75. The highest BCUT2D eigenvalue weighted by molar-refractivity contribution is 5.57. The molecule has 1 aliphatic carbocycles. The monoisotopic (exact) mass is 204 g/mol. The Labute approximate surface area is 89.3 Å². The molecule has 0 saturated heterocycles. The van der Waals surface area contributed by atoms with E-state index in [1.807, 2.05) is 12.1 Å². The van der Waals surface area contributed by atoms with Gasteiger partial charge in [-0.2, -0.15) is 0 Å². The summed E-state index contributed by atoms with van der Waals surface area (Å²) in [5.41, 5.74) is 7.62. The Morgan fingerprint density at radius 1 is 1.33 bits per heavy atom. The maximum absolute atomic E-state index is 10.3. The molecule has 1 aromatic rings. The molecule has 1 unspecified atom stereocenters. The van der Waals surface area contributed by atoms with Gasteiger partial charge in [-0.3, -0.25) is 0 Å². The van der Waals surface area contributed by atoms with Gasteiger partial charge >= 0.3 is 0 Å². The van der Waals surface area contributed by atoms with Gasteiger partial charge in [0.05, 0.1) is 11.6 Å². The van der Waals surface area contributed by atoms with Crippen LogP contribution in [0, 0.1) is 0 Å². The number of benzene rings is 1. The Morgan fingerprint density at radius 3 is 2.73 bits per heavy atom. The van der Waals surface area contributed by atoms with E-state index in [-0.39, 0.29) is 12.1 Å². The number of rotatable bonds is 1. The SMILES string of the molecule is NC1CC(O)(C2Cc3ccccc3N2)C1. The van der Waals surface area contributed by atoms with Crippen LogP contribution in [0.2, 0.25) is 0 Å². The van der Waals surface area contributed by atoms with E-state index in [4.69, 9.17) is 5.73 Å². The van der Waals surface area contributed by atoms with Crippen LogP contribution in [0.15, 0.2) is 24.3 Å². The van der Waals surface area contributed by atoms with Crippen LogP contribution in [0.4, 0.5) is 5.69 Å². The van der Waals surface area contributed by atoms with Gasteiger partial charge in [-0.25, -0.2) is 0 Å². The van der Waals surface area contributed by atoms with Crippen molar-refractivity contribution in [3.8, 4) is 0 Å². The molecule has 0 radical (unpaired) electrons. The van der Waals surface area contributed by atoms with E-state index in [2.05, 4.69) is 17.4 Å². The first-order valence-corrected chi connectivity index (χ1v) is 5.50. The van der Waals surface area contributed by atoms with E-state index in [9.17, 15) is 5.11 Å². The van der Waals surface area contributed by atoms with Crippen molar-refractivity contribution >= 4 is 5.69 Å². The summed E-state index contributed by atoms with van der Waals surface area (Å²) in [5.74, 6) is 0. The number of aliphatic hydroxyl groups is 1. The van der Waals surface area contributed by atoms with E-state index in [0.29, 0.717) is 0 Å². The molecule has 80 valence electrons. The molecule has 1 aromatic carbocycles. The fraction of sp³-hybridized carbons (Fsp3) is 0.500. The van der Waals surface area contributed by atoms with Crippen LogP contribution in [-0.2, 0) is 6.42 Å². The average Bonchev–Trinajstić information content (AvgIpc) is 2.59. The summed E-state index contributed by atoms with van der Waals surface area (Å²) in [6.07, 6.45) is 2.36. The van der Waals surface area contributed by atoms with Crippen molar-refractivity contribution in [3.05, 3.63) is 29.8 Å². The molecule has 3 rings (SSSR count). The topological polar surface area (TPSA) is 58.3 Å². The largest absolute Gasteiger partial charge is 0.388 e. The summed E-state index contributed by atoms with van der Waals surface area (Å²) in [5, 5.41) is 13.7. The van der Waals surface area contributed by atoms with Gasteiger partial charge in [-0.15, -0.1) is 0 Å². The molecule has 0 amide bonds. The average molecular weight is 204 g/mol. The Balaban J connectivity index is 1.79. The molecule has 3 heteroatoms. The molecular formula is C12H16N2O. The van der Waals surface area contributed by atoms with E-state index in [1.165, 1.54) is 5.56 Å². The minimum absolute atomic E-state index is 0.148. The molecule has 1 atom stereocenters. The number of para-hydroxylation sites is 1. The summed E-state index contributed by atoms with van der Waals surface area (Å²) >= 11 is 0. The van der Waals surface area contributed by atoms with Gasteiger partial charge in [0.2, 0.25) is 0 Å². The highest BCUT2D eigenvalue weighted by Crippen LogP contribution is 2.40. The van der Waals surface area contributed by atoms with Gasteiger partial charge < -0.3 is 16.2 Å². The zero-order valence-electron chi connectivity index (χ0n) is 8.61. The Morgan fingerprint density at radius 2 is 2.07 bits per heavy atom. The zero-order valence-corrected chi connectivity index (χ0v) is 8.61. The van der Waals surface area contributed by atoms with Crippen molar-refractivity contribution in [3.63, 3.8) is 0 Å². The van der Waals surface area contributed by atoms with Crippen molar-refractivity contribution in [1.29, 1.82) is 0 Å². The molecule has 1 fully saturated rings. The maximum atomic E-state index is 10.3. The molecule has 2 aliphatic rings. The first-order valence-electron chi connectivity index (χ1n) is 5.50. The van der Waals surface area contributed by atoms with Crippen molar-refractivity contribution < 1.29 is 5.11 Å². The molecule has 4 N–H and O–H groups in total. The predicted molar refractivity (Wildman–Crippen MR) is 59.7 cm³/mol. The molecule has 3 nitrogen and oxygen atoms in total. The van der Waals surface area contributed by atoms with Gasteiger partial charge in [0.25, 0.3) is 0 Å². The highest BCUT2D eigenvalue weighted by atomic mass is 16.3. The standard InChI is InChI=1S/C12H16N2O/c13-9-6-12(15,7-9)11-5-8-3-1-2-4-10(8)14-11/h1-4,9,11,14-15H,5-7,13H2. The Kier molecular flexibility index (Phi) is 1.82. The van der Waals surface area contributed by atoms with Gasteiger partial charge in [0.1, 0.15) is 0 Å². The van der Waals surface area contributed by atoms with Crippen molar-refractivity contribution in [2.24, 2.45) is 5.73 Å². The third-order valence-electron chi connectivity index (χ3n) is 3.65. The lowest BCUT2D eigenvalue weighted by atomic mass is 9.71. The van der Waals surface area contributed by atoms with Gasteiger partial charge in [0.15, 0.2) is 0 Å². The third-order valence-corrected chi connectivity index (χ3v) is 3.65. The van der Waals surface area contributed by atoms with Gasteiger partial charge in [-0.1, -0.05) is 18.2 Å². The number of nitrogens with two attached hydrogens (primary N) is 1. The summed E-state index contributed by atoms with van der Waals surface area (Å²) in [7, 11) is 0. The van der Waals surface area contributed by atoms with Crippen LogP contribution >= 0.6 is 0 Å². The molecule has 0 spiro atoms. The number of hydrogen-bond donors (Lipinski definition) is 3. The third kappa shape index (κ3) is 1.34. The normalized spacial score (nSPS) is 38.0. The van der Waals surface area contributed by atoms with Crippen molar-refractivity contribution in [1.82, 2.24) is 0 Å². The van der Waals surface area contributed by atoms with Crippen LogP contribution in [0.1, 0.15) is 18.4 Å². The Bertz CT molecular complexity index is 360. The van der Waals surface area contributed by atoms with E-state index in [0.717, 1.165) is 24.9 Å². The lowest BCUT2D eigenvalue weighted by Crippen LogP contribution is -2.60. The van der Waals surface area contributed by atoms with Crippen molar-refractivity contribution in [2.45, 2.75) is 36.9 Å². The summed E-state index contributed by atoms with van der Waals surface area (Å²) in [4.78, 5) is 0. The van der Waals surface area contributed by atoms with E-state index >= 15 is 0 Å². The summed E-state index contributed by atoms with van der Waals surface area (Å²) in [6.45, 7) is 0. The highest BCUT2D eigenvalue weighted by Gasteiger charge is 2.48. The van der Waals surface area contributed by atoms with Crippen molar-refractivity contribution in [2.75, 3.05) is 5.32 Å². The minimum Gasteiger partial charge on any atom is -0.388 e. The number of fused-ring (bicyclic) bond motifs is 1. The lowest BCUT2D eigenvalue weighted by Gasteiger charge is -2.46. The fourth-order valence-electron chi connectivity index (χ4n) is 2.75. The first-order chi connectivity index (χ1) is 7.17. The van der Waals surface area contributed by atoms with Gasteiger partial charge in [-0.05, 0) is 30.9 Å². The molecule has 15 heavy (non-hydrogen) atoms. The number of hydrogen-bond acceptors (Lipinski definition) is 3. The Hall–Kier alpha value is -1.06. The quantitative estimate of drug-likeness (QED) is 0.636. The van der Waals surface area contributed by atoms with Crippen LogP contribution < -0.4 is 11.1 Å². The molecule has 1 heterocycles. The summed E-state index contributed by atoms with van der Waals surface area (Å²) in [6, 6.07) is 8.57. The lowest BCUT2D eigenvalue weighted by molar-refractivity contribution is -0.0599. The molecular weight excluding hydrogens is 188 g/mol. The maximum Gasteiger partial charge on any atom is 0.0880 e. The smallest absolute Gasteiger partial charge is 0.0880 e. The second-order valence-electron chi connectivity index (χ2n) is 4.83. The van der Waals surface area contributed by atoms with Crippen LogP contribution in [-0.4, -0.2) is 22.8 Å². The summed E-state index contributed by atoms with van der Waals surface area (Å²) < 4.78 is 0. The van der Waals surface area contributed by atoms with Crippen LogP contribution in [0.5, 0.6) is 0 Å². The molecule has 1 aliphatic heterocycles. The molecule has 1 saturated carbocycles.